The normalized spacial score (nSPS) is 10.5. The first-order chi connectivity index (χ1) is 6.05. The van der Waals surface area contributed by atoms with E-state index in [1.165, 1.54) is 12.3 Å². The number of carbonyl (C=O) groups is 1. The lowest BCUT2D eigenvalue weighted by Gasteiger charge is -2.17. The molecule has 1 N–H and O–H groups in total. The van der Waals surface area contributed by atoms with E-state index in [2.05, 4.69) is 20.9 Å². The highest BCUT2D eigenvalue weighted by atomic mass is 16.5. The van der Waals surface area contributed by atoms with Crippen LogP contribution in [0, 0.1) is 12.3 Å². The lowest BCUT2D eigenvalue weighted by molar-refractivity contribution is 0.0892. The van der Waals surface area contributed by atoms with E-state index >= 15 is 0 Å². The lowest BCUT2D eigenvalue weighted by Crippen LogP contribution is -2.41. The Morgan fingerprint density at radius 3 is 2.92 bits per heavy atom. The van der Waals surface area contributed by atoms with Crippen molar-refractivity contribution in [1.29, 1.82) is 0 Å². The van der Waals surface area contributed by atoms with Crippen molar-refractivity contribution in [2.24, 2.45) is 0 Å². The van der Waals surface area contributed by atoms with Crippen molar-refractivity contribution in [3.8, 4) is 12.3 Å². The zero-order chi connectivity index (χ0) is 9.90. The third kappa shape index (κ3) is 2.34. The van der Waals surface area contributed by atoms with Gasteiger partial charge in [0.1, 0.15) is 0 Å². The molecule has 0 fully saturated rings. The summed E-state index contributed by atoms with van der Waals surface area (Å²) >= 11 is 0. The van der Waals surface area contributed by atoms with E-state index in [1.807, 2.05) is 0 Å². The van der Waals surface area contributed by atoms with Crippen molar-refractivity contribution in [3.05, 3.63) is 18.0 Å². The highest BCUT2D eigenvalue weighted by Crippen LogP contribution is 2.03. The maximum atomic E-state index is 11.3. The highest BCUT2D eigenvalue weighted by Gasteiger charge is 2.19. The predicted molar refractivity (Wildman–Crippen MR) is 46.9 cm³/mol. The molecule has 4 heteroatoms. The molecular weight excluding hydrogens is 168 g/mol. The fourth-order valence-corrected chi connectivity index (χ4v) is 0.714. The summed E-state index contributed by atoms with van der Waals surface area (Å²) < 4.78 is 4.66. The molecule has 0 saturated heterocycles. The van der Waals surface area contributed by atoms with Crippen molar-refractivity contribution < 1.29 is 9.32 Å². The molecule has 1 aromatic rings. The number of aromatic nitrogens is 1. The molecule has 1 heterocycles. The van der Waals surface area contributed by atoms with E-state index < -0.39 is 5.54 Å². The molecule has 68 valence electrons. The molecule has 1 amide bonds. The standard InChI is InChI=1S/C9H10N2O2/c1-4-9(2,3)11-8(12)7-5-6-10-13-7/h1,5-6H,2-3H3,(H,11,12). The van der Waals surface area contributed by atoms with Gasteiger partial charge in [0.05, 0.1) is 11.7 Å². The van der Waals surface area contributed by atoms with Gasteiger partial charge in [-0.3, -0.25) is 4.79 Å². The Kier molecular flexibility index (Phi) is 2.38. The van der Waals surface area contributed by atoms with Crippen LogP contribution in [0.25, 0.3) is 0 Å². The van der Waals surface area contributed by atoms with Gasteiger partial charge in [-0.15, -0.1) is 6.42 Å². The van der Waals surface area contributed by atoms with E-state index in [4.69, 9.17) is 6.42 Å². The van der Waals surface area contributed by atoms with Gasteiger partial charge in [0.2, 0.25) is 5.76 Å². The van der Waals surface area contributed by atoms with E-state index in [-0.39, 0.29) is 11.7 Å². The van der Waals surface area contributed by atoms with Crippen molar-refractivity contribution in [3.63, 3.8) is 0 Å². The SMILES string of the molecule is C#CC(C)(C)NC(=O)c1ccno1. The van der Waals surface area contributed by atoms with Gasteiger partial charge in [-0.05, 0) is 13.8 Å². The molecule has 13 heavy (non-hydrogen) atoms. The molecule has 0 aliphatic carbocycles. The fraction of sp³-hybridized carbons (Fsp3) is 0.333. The molecule has 4 nitrogen and oxygen atoms in total. The Balaban J connectivity index is 2.68. The summed E-state index contributed by atoms with van der Waals surface area (Å²) in [5.41, 5.74) is -0.677. The minimum Gasteiger partial charge on any atom is -0.351 e. The van der Waals surface area contributed by atoms with Gasteiger partial charge in [0.25, 0.3) is 5.91 Å². The highest BCUT2D eigenvalue weighted by molar-refractivity contribution is 5.91. The zero-order valence-electron chi connectivity index (χ0n) is 7.50. The maximum absolute atomic E-state index is 11.3. The molecule has 0 saturated carbocycles. The Labute approximate surface area is 76.3 Å². The third-order valence-electron chi connectivity index (χ3n) is 1.45. The number of nitrogens with zero attached hydrogens (tertiary/aromatic N) is 1. The van der Waals surface area contributed by atoms with Gasteiger partial charge >= 0.3 is 0 Å². The maximum Gasteiger partial charge on any atom is 0.291 e. The summed E-state index contributed by atoms with van der Waals surface area (Å²) in [5, 5.41) is 6.01. The molecule has 0 atom stereocenters. The second-order valence-electron chi connectivity index (χ2n) is 3.10. The summed E-state index contributed by atoms with van der Waals surface area (Å²) in [5.74, 6) is 2.24. The summed E-state index contributed by atoms with van der Waals surface area (Å²) in [6.45, 7) is 3.45. The van der Waals surface area contributed by atoms with Crippen molar-refractivity contribution in [2.45, 2.75) is 19.4 Å². The predicted octanol–water partition coefficient (Wildman–Crippen LogP) is 0.816. The first kappa shape index (κ1) is 9.33. The number of carbonyl (C=O) groups excluding carboxylic acids is 1. The van der Waals surface area contributed by atoms with Gasteiger partial charge in [-0.2, -0.15) is 0 Å². The molecule has 0 spiro atoms. The van der Waals surface area contributed by atoms with Gasteiger partial charge < -0.3 is 9.84 Å². The van der Waals surface area contributed by atoms with Crippen LogP contribution >= 0.6 is 0 Å². The molecule has 0 aromatic carbocycles. The lowest BCUT2D eigenvalue weighted by atomic mass is 10.1. The zero-order valence-corrected chi connectivity index (χ0v) is 7.50. The second-order valence-corrected chi connectivity index (χ2v) is 3.10. The van der Waals surface area contributed by atoms with Crippen LogP contribution in [0.5, 0.6) is 0 Å². The first-order valence-electron chi connectivity index (χ1n) is 3.76. The van der Waals surface area contributed by atoms with Gasteiger partial charge in [0.15, 0.2) is 0 Å². The number of terminal acetylenes is 1. The van der Waals surface area contributed by atoms with Crippen LogP contribution in [0.1, 0.15) is 24.4 Å². The summed E-state index contributed by atoms with van der Waals surface area (Å²) in [6.07, 6.45) is 6.60. The molecule has 1 aromatic heterocycles. The van der Waals surface area contributed by atoms with E-state index in [0.29, 0.717) is 0 Å². The number of nitrogens with one attached hydrogen (secondary N) is 1. The average Bonchev–Trinajstić information content (AvgIpc) is 2.55. The average molecular weight is 178 g/mol. The minimum absolute atomic E-state index is 0.156. The molecule has 1 rings (SSSR count). The van der Waals surface area contributed by atoms with Crippen LogP contribution in [0.3, 0.4) is 0 Å². The van der Waals surface area contributed by atoms with Crippen LogP contribution in [-0.2, 0) is 0 Å². The number of hydrogen-bond donors (Lipinski definition) is 1. The third-order valence-corrected chi connectivity index (χ3v) is 1.45. The topological polar surface area (TPSA) is 55.1 Å². The number of amides is 1. The van der Waals surface area contributed by atoms with Crippen LogP contribution in [0.4, 0.5) is 0 Å². The van der Waals surface area contributed by atoms with Crippen molar-refractivity contribution >= 4 is 5.91 Å². The first-order valence-corrected chi connectivity index (χ1v) is 3.76. The Morgan fingerprint density at radius 1 is 1.77 bits per heavy atom. The van der Waals surface area contributed by atoms with E-state index in [0.717, 1.165) is 0 Å². The van der Waals surface area contributed by atoms with Gasteiger partial charge in [-0.1, -0.05) is 11.1 Å². The molecule has 0 radical (unpaired) electrons. The van der Waals surface area contributed by atoms with Crippen LogP contribution in [0.15, 0.2) is 16.8 Å². The fourth-order valence-electron chi connectivity index (χ4n) is 0.714. The smallest absolute Gasteiger partial charge is 0.291 e. The molecule has 0 unspecified atom stereocenters. The van der Waals surface area contributed by atoms with Crippen molar-refractivity contribution in [2.75, 3.05) is 0 Å². The van der Waals surface area contributed by atoms with Crippen LogP contribution in [-0.4, -0.2) is 16.6 Å². The van der Waals surface area contributed by atoms with Gasteiger partial charge in [0, 0.05) is 6.07 Å². The Hall–Kier alpha value is -1.76. The van der Waals surface area contributed by atoms with Gasteiger partial charge in [-0.25, -0.2) is 0 Å². The largest absolute Gasteiger partial charge is 0.351 e. The van der Waals surface area contributed by atoms with E-state index in [9.17, 15) is 4.79 Å². The number of hydrogen-bond acceptors (Lipinski definition) is 3. The molecular formula is C9H10N2O2. The minimum atomic E-state index is -0.677. The summed E-state index contributed by atoms with van der Waals surface area (Å²) in [4.78, 5) is 11.3. The van der Waals surface area contributed by atoms with Crippen molar-refractivity contribution in [1.82, 2.24) is 10.5 Å². The summed E-state index contributed by atoms with van der Waals surface area (Å²) in [7, 11) is 0. The van der Waals surface area contributed by atoms with Crippen LogP contribution < -0.4 is 5.32 Å². The van der Waals surface area contributed by atoms with Crippen LogP contribution in [0.2, 0.25) is 0 Å². The molecule has 0 aliphatic rings. The monoisotopic (exact) mass is 178 g/mol. The Bertz CT molecular complexity index is 333. The quantitative estimate of drug-likeness (QED) is 0.682. The number of rotatable bonds is 2. The molecule has 0 aliphatic heterocycles. The Morgan fingerprint density at radius 2 is 2.46 bits per heavy atom. The molecule has 0 bridgehead atoms. The summed E-state index contributed by atoms with van der Waals surface area (Å²) in [6, 6.07) is 1.47. The van der Waals surface area contributed by atoms with E-state index in [1.54, 1.807) is 13.8 Å². The second kappa shape index (κ2) is 3.31.